The van der Waals surface area contributed by atoms with E-state index >= 15 is 0 Å². The van der Waals surface area contributed by atoms with E-state index in [9.17, 15) is 4.79 Å². The molecule has 2 aromatic rings. The highest BCUT2D eigenvalue weighted by atomic mass is 127. The summed E-state index contributed by atoms with van der Waals surface area (Å²) in [6.45, 7) is 7.76. The van der Waals surface area contributed by atoms with Crippen LogP contribution in [0.2, 0.25) is 0 Å². The van der Waals surface area contributed by atoms with Gasteiger partial charge in [0.25, 0.3) is 5.91 Å². The molecule has 1 saturated heterocycles. The number of piperazine rings is 1. The van der Waals surface area contributed by atoms with E-state index in [0.29, 0.717) is 31.4 Å². The van der Waals surface area contributed by atoms with Gasteiger partial charge in [-0.15, -0.1) is 24.0 Å². The number of hydrogen-bond acceptors (Lipinski definition) is 4. The summed E-state index contributed by atoms with van der Waals surface area (Å²) in [7, 11) is 0. The second-order valence-electron chi connectivity index (χ2n) is 6.74. The number of hydrogen-bond donors (Lipinski definition) is 1. The van der Waals surface area contributed by atoms with Crippen molar-refractivity contribution in [3.05, 3.63) is 48.3 Å². The van der Waals surface area contributed by atoms with Crippen LogP contribution in [0.1, 0.15) is 36.6 Å². The summed E-state index contributed by atoms with van der Waals surface area (Å²) in [6.07, 6.45) is 5.01. The van der Waals surface area contributed by atoms with Gasteiger partial charge in [0.1, 0.15) is 5.76 Å². The van der Waals surface area contributed by atoms with Gasteiger partial charge in [-0.1, -0.05) is 6.92 Å². The lowest BCUT2D eigenvalue weighted by atomic mass is 10.2. The van der Waals surface area contributed by atoms with E-state index in [4.69, 9.17) is 13.8 Å². The highest BCUT2D eigenvalue weighted by molar-refractivity contribution is 14.0. The highest BCUT2D eigenvalue weighted by Gasteiger charge is 2.25. The molecule has 3 rings (SSSR count). The number of carbonyl (C=O) groups excluding carboxylic acids is 1. The zero-order valence-electron chi connectivity index (χ0n) is 16.5. The van der Waals surface area contributed by atoms with Crippen LogP contribution in [0.4, 0.5) is 0 Å². The molecule has 1 aliphatic heterocycles. The van der Waals surface area contributed by atoms with Crippen molar-refractivity contribution >= 4 is 35.8 Å². The molecule has 2 aromatic heterocycles. The van der Waals surface area contributed by atoms with E-state index in [1.165, 1.54) is 6.26 Å². The maximum absolute atomic E-state index is 12.4. The minimum absolute atomic E-state index is 0. The molecule has 0 spiro atoms. The molecule has 7 nitrogen and oxygen atoms in total. The lowest BCUT2D eigenvalue weighted by Gasteiger charge is -2.37. The third-order valence-corrected chi connectivity index (χ3v) is 4.79. The van der Waals surface area contributed by atoms with Crippen LogP contribution in [0, 0.1) is 0 Å². The van der Waals surface area contributed by atoms with Gasteiger partial charge in [-0.05, 0) is 37.6 Å². The topological polar surface area (TPSA) is 74.2 Å². The van der Waals surface area contributed by atoms with Crippen molar-refractivity contribution in [1.29, 1.82) is 0 Å². The summed E-state index contributed by atoms with van der Waals surface area (Å²) < 4.78 is 10.6. The molecule has 154 valence electrons. The standard InChI is InChI=1S/C20H28N4O3.HI/c1-3-16(2)22-20(21-9-8-17-6-4-14-26-17)24-12-10-23(11-13-24)19(25)18-7-5-15-27-18;/h4-7,14-16H,3,8-13H2,1-2H3,(H,21,22);1H. The maximum atomic E-state index is 12.4. The molecule has 0 saturated carbocycles. The number of nitrogens with zero attached hydrogens (tertiary/aromatic N) is 3. The van der Waals surface area contributed by atoms with Crippen LogP contribution in [0.15, 0.2) is 50.6 Å². The minimum atomic E-state index is -0.0501. The van der Waals surface area contributed by atoms with Crippen LogP contribution in [-0.2, 0) is 6.42 Å². The van der Waals surface area contributed by atoms with Gasteiger partial charge in [0.2, 0.25) is 0 Å². The van der Waals surface area contributed by atoms with Gasteiger partial charge in [0, 0.05) is 45.2 Å². The fourth-order valence-electron chi connectivity index (χ4n) is 2.96. The van der Waals surface area contributed by atoms with E-state index in [-0.39, 0.29) is 29.9 Å². The van der Waals surface area contributed by atoms with Gasteiger partial charge in [-0.25, -0.2) is 0 Å². The minimum Gasteiger partial charge on any atom is -0.469 e. The summed E-state index contributed by atoms with van der Waals surface area (Å²) in [5.41, 5.74) is 0. The number of halogens is 1. The Bertz CT molecular complexity index is 723. The average Bonchev–Trinajstić information content (AvgIpc) is 3.40. The Morgan fingerprint density at radius 3 is 2.43 bits per heavy atom. The first-order valence-corrected chi connectivity index (χ1v) is 9.58. The monoisotopic (exact) mass is 500 g/mol. The highest BCUT2D eigenvalue weighted by Crippen LogP contribution is 2.10. The third-order valence-electron chi connectivity index (χ3n) is 4.79. The first-order valence-electron chi connectivity index (χ1n) is 9.58. The van der Waals surface area contributed by atoms with Crippen molar-refractivity contribution in [2.75, 3.05) is 32.7 Å². The van der Waals surface area contributed by atoms with Gasteiger partial charge in [-0.3, -0.25) is 9.79 Å². The van der Waals surface area contributed by atoms with Gasteiger partial charge in [-0.2, -0.15) is 0 Å². The predicted molar refractivity (Wildman–Crippen MR) is 119 cm³/mol. The van der Waals surface area contributed by atoms with E-state index in [0.717, 1.165) is 37.7 Å². The molecule has 1 atom stereocenters. The zero-order chi connectivity index (χ0) is 19.1. The predicted octanol–water partition coefficient (Wildman–Crippen LogP) is 3.24. The van der Waals surface area contributed by atoms with Gasteiger partial charge in [0.05, 0.1) is 12.5 Å². The Labute approximate surface area is 183 Å². The van der Waals surface area contributed by atoms with Crippen molar-refractivity contribution in [1.82, 2.24) is 15.1 Å². The summed E-state index contributed by atoms with van der Waals surface area (Å²) in [4.78, 5) is 21.3. The third kappa shape index (κ3) is 6.02. The molecule has 28 heavy (non-hydrogen) atoms. The Balaban J connectivity index is 0.00000280. The molecule has 3 heterocycles. The normalized spacial score (nSPS) is 15.9. The molecule has 1 unspecified atom stereocenters. The van der Waals surface area contributed by atoms with Gasteiger partial charge in [0.15, 0.2) is 11.7 Å². The molecule has 0 aliphatic carbocycles. The number of guanidine groups is 1. The maximum Gasteiger partial charge on any atom is 0.289 e. The van der Waals surface area contributed by atoms with Crippen LogP contribution in [0.3, 0.4) is 0 Å². The van der Waals surface area contributed by atoms with Gasteiger partial charge < -0.3 is 24.0 Å². The average molecular weight is 500 g/mol. The quantitative estimate of drug-likeness (QED) is 0.375. The summed E-state index contributed by atoms with van der Waals surface area (Å²) in [5.74, 6) is 2.19. The lowest BCUT2D eigenvalue weighted by Crippen LogP contribution is -2.55. The van der Waals surface area contributed by atoms with Crippen molar-refractivity contribution in [2.24, 2.45) is 4.99 Å². The van der Waals surface area contributed by atoms with Crippen molar-refractivity contribution < 1.29 is 13.6 Å². The summed E-state index contributed by atoms with van der Waals surface area (Å²) in [5, 5.41) is 3.51. The Morgan fingerprint density at radius 2 is 1.82 bits per heavy atom. The molecular formula is C20H29IN4O3. The molecule has 0 radical (unpaired) electrons. The fraction of sp³-hybridized carbons (Fsp3) is 0.500. The lowest BCUT2D eigenvalue weighted by molar-refractivity contribution is 0.0657. The summed E-state index contributed by atoms with van der Waals surface area (Å²) >= 11 is 0. The first kappa shape index (κ1) is 22.3. The van der Waals surface area contributed by atoms with Crippen molar-refractivity contribution in [2.45, 2.75) is 32.7 Å². The van der Waals surface area contributed by atoms with E-state index in [1.807, 2.05) is 17.0 Å². The molecule has 8 heteroatoms. The number of furan rings is 2. The van der Waals surface area contributed by atoms with Gasteiger partial charge >= 0.3 is 0 Å². The molecule has 0 bridgehead atoms. The SMILES string of the molecule is CCC(C)NC(=NCCc1ccco1)N1CCN(C(=O)c2ccco2)CC1.I. The number of amides is 1. The fourth-order valence-corrected chi connectivity index (χ4v) is 2.96. The number of aliphatic imine (C=N–C) groups is 1. The van der Waals surface area contributed by atoms with Crippen LogP contribution < -0.4 is 5.32 Å². The zero-order valence-corrected chi connectivity index (χ0v) is 18.8. The smallest absolute Gasteiger partial charge is 0.289 e. The number of nitrogens with one attached hydrogen (secondary N) is 1. The first-order chi connectivity index (χ1) is 13.2. The molecular weight excluding hydrogens is 471 g/mol. The second-order valence-corrected chi connectivity index (χ2v) is 6.74. The number of rotatable bonds is 6. The molecule has 1 amide bonds. The van der Waals surface area contributed by atoms with E-state index in [2.05, 4.69) is 24.1 Å². The molecule has 1 fully saturated rings. The second kappa shape index (κ2) is 11.1. The Hall–Kier alpha value is -1.97. The van der Waals surface area contributed by atoms with Crippen LogP contribution in [-0.4, -0.2) is 60.4 Å². The van der Waals surface area contributed by atoms with Crippen LogP contribution >= 0.6 is 24.0 Å². The van der Waals surface area contributed by atoms with Crippen LogP contribution in [0.5, 0.6) is 0 Å². The number of carbonyl (C=O) groups is 1. The van der Waals surface area contributed by atoms with E-state index in [1.54, 1.807) is 18.4 Å². The molecule has 1 N–H and O–H groups in total. The largest absolute Gasteiger partial charge is 0.469 e. The van der Waals surface area contributed by atoms with Crippen molar-refractivity contribution in [3.63, 3.8) is 0 Å². The van der Waals surface area contributed by atoms with Crippen molar-refractivity contribution in [3.8, 4) is 0 Å². The molecule has 1 aliphatic rings. The van der Waals surface area contributed by atoms with E-state index < -0.39 is 0 Å². The molecule has 0 aromatic carbocycles. The Morgan fingerprint density at radius 1 is 1.14 bits per heavy atom. The van der Waals surface area contributed by atoms with Crippen LogP contribution in [0.25, 0.3) is 0 Å². The Kier molecular flexibility index (Phi) is 8.88. The summed E-state index contributed by atoms with van der Waals surface area (Å²) in [6, 6.07) is 7.66.